The Bertz CT molecular complexity index is 589. The monoisotopic (exact) mass is 256 g/mol. The van der Waals surface area contributed by atoms with E-state index in [9.17, 15) is 10.2 Å². The van der Waals surface area contributed by atoms with Crippen molar-refractivity contribution in [3.63, 3.8) is 0 Å². The van der Waals surface area contributed by atoms with Crippen LogP contribution >= 0.6 is 0 Å². The molecule has 0 saturated carbocycles. The zero-order chi connectivity index (χ0) is 13.4. The van der Waals surface area contributed by atoms with Gasteiger partial charge >= 0.3 is 0 Å². The third-order valence-corrected chi connectivity index (χ3v) is 3.83. The number of hydrogen-bond donors (Lipinski definition) is 2. The van der Waals surface area contributed by atoms with Gasteiger partial charge in [0.25, 0.3) is 0 Å². The molecule has 3 heteroatoms. The fraction of sp³-hybridized carbons (Fsp3) is 0.250. The number of rotatable bonds is 1. The van der Waals surface area contributed by atoms with Crippen molar-refractivity contribution >= 4 is 0 Å². The molecule has 0 saturated heterocycles. The van der Waals surface area contributed by atoms with Crippen molar-refractivity contribution in [1.29, 1.82) is 0 Å². The summed E-state index contributed by atoms with van der Waals surface area (Å²) in [6.07, 6.45) is 0. The largest absolute Gasteiger partial charge is 0.508 e. The molecule has 0 fully saturated rings. The predicted molar refractivity (Wildman–Crippen MR) is 72.9 cm³/mol. The van der Waals surface area contributed by atoms with E-state index in [4.69, 9.17) is 4.74 Å². The van der Waals surface area contributed by atoms with Crippen LogP contribution in [0.4, 0.5) is 0 Å². The van der Waals surface area contributed by atoms with E-state index in [0.717, 1.165) is 16.9 Å². The lowest BCUT2D eigenvalue weighted by Crippen LogP contribution is -2.22. The van der Waals surface area contributed by atoms with Gasteiger partial charge in [-0.05, 0) is 35.2 Å². The lowest BCUT2D eigenvalue weighted by molar-refractivity contribution is 0.242. The lowest BCUT2D eigenvalue weighted by atomic mass is 9.81. The molecule has 0 aliphatic carbocycles. The van der Waals surface area contributed by atoms with Gasteiger partial charge in [-0.3, -0.25) is 0 Å². The molecule has 0 amide bonds. The Kier molecular flexibility index (Phi) is 2.82. The van der Waals surface area contributed by atoms with Gasteiger partial charge in [0, 0.05) is 12.0 Å². The highest BCUT2D eigenvalue weighted by Gasteiger charge is 2.28. The van der Waals surface area contributed by atoms with Crippen molar-refractivity contribution in [1.82, 2.24) is 0 Å². The highest BCUT2D eigenvalue weighted by molar-refractivity contribution is 5.45. The first kappa shape index (κ1) is 11.9. The maximum atomic E-state index is 9.48. The molecule has 0 spiro atoms. The van der Waals surface area contributed by atoms with Crippen LogP contribution in [-0.4, -0.2) is 16.8 Å². The standard InChI is InChI=1S/C16H16O3/c1-10-14-7-6-13(18)8-16(14)19-9-15(10)11-2-4-12(17)5-3-11/h2-8,10,15,17-18H,9H2,1H3/t10-,15?/m0/s1. The first-order valence-electron chi connectivity index (χ1n) is 6.40. The Morgan fingerprint density at radius 3 is 2.42 bits per heavy atom. The molecule has 2 aromatic rings. The Morgan fingerprint density at radius 1 is 1.00 bits per heavy atom. The number of phenolic OH excluding ortho intramolecular Hbond substituents is 2. The van der Waals surface area contributed by atoms with Crippen molar-refractivity contribution in [3.8, 4) is 17.2 Å². The number of aromatic hydroxyl groups is 2. The second-order valence-corrected chi connectivity index (χ2v) is 5.02. The Hall–Kier alpha value is -2.16. The van der Waals surface area contributed by atoms with Crippen LogP contribution in [-0.2, 0) is 0 Å². The quantitative estimate of drug-likeness (QED) is 0.822. The van der Waals surface area contributed by atoms with Crippen molar-refractivity contribution in [2.24, 2.45) is 0 Å². The molecular formula is C16H16O3. The topological polar surface area (TPSA) is 49.7 Å². The van der Waals surface area contributed by atoms with Crippen LogP contribution < -0.4 is 4.74 Å². The van der Waals surface area contributed by atoms with Crippen LogP contribution in [0.5, 0.6) is 17.2 Å². The number of fused-ring (bicyclic) bond motifs is 1. The summed E-state index contributed by atoms with van der Waals surface area (Å²) in [4.78, 5) is 0. The second-order valence-electron chi connectivity index (χ2n) is 5.02. The predicted octanol–water partition coefficient (Wildman–Crippen LogP) is 3.38. The molecule has 2 aromatic carbocycles. The van der Waals surface area contributed by atoms with Gasteiger partial charge in [0.1, 0.15) is 17.2 Å². The SMILES string of the molecule is C[C@H]1c2ccc(O)cc2OCC1c1ccc(O)cc1. The van der Waals surface area contributed by atoms with Gasteiger partial charge in [0.05, 0.1) is 6.61 Å². The first-order valence-corrected chi connectivity index (χ1v) is 6.40. The third kappa shape index (κ3) is 2.12. The number of ether oxygens (including phenoxy) is 1. The molecule has 1 heterocycles. The first-order chi connectivity index (χ1) is 9.15. The molecule has 1 unspecified atom stereocenters. The van der Waals surface area contributed by atoms with Gasteiger partial charge in [0.2, 0.25) is 0 Å². The highest BCUT2D eigenvalue weighted by atomic mass is 16.5. The number of phenols is 2. The summed E-state index contributed by atoms with van der Waals surface area (Å²) < 4.78 is 5.75. The highest BCUT2D eigenvalue weighted by Crippen LogP contribution is 2.43. The van der Waals surface area contributed by atoms with Crippen molar-refractivity contribution < 1.29 is 14.9 Å². The van der Waals surface area contributed by atoms with Crippen LogP contribution in [0.2, 0.25) is 0 Å². The summed E-state index contributed by atoms with van der Waals surface area (Å²) in [6.45, 7) is 2.75. The molecule has 3 rings (SSSR count). The van der Waals surface area contributed by atoms with E-state index in [0.29, 0.717) is 12.5 Å². The number of benzene rings is 2. The normalized spacial score (nSPS) is 21.5. The van der Waals surface area contributed by atoms with E-state index in [-0.39, 0.29) is 17.4 Å². The molecule has 1 aliphatic rings. The van der Waals surface area contributed by atoms with E-state index in [1.165, 1.54) is 0 Å². The van der Waals surface area contributed by atoms with Crippen LogP contribution in [0.3, 0.4) is 0 Å². The summed E-state index contributed by atoms with van der Waals surface area (Å²) in [7, 11) is 0. The molecule has 2 N–H and O–H groups in total. The van der Waals surface area contributed by atoms with Crippen LogP contribution in [0.25, 0.3) is 0 Å². The maximum Gasteiger partial charge on any atom is 0.126 e. The molecule has 0 bridgehead atoms. The van der Waals surface area contributed by atoms with Gasteiger partial charge in [0.15, 0.2) is 0 Å². The van der Waals surface area contributed by atoms with Gasteiger partial charge in [-0.15, -0.1) is 0 Å². The van der Waals surface area contributed by atoms with Crippen LogP contribution in [0.15, 0.2) is 42.5 Å². The zero-order valence-corrected chi connectivity index (χ0v) is 10.7. The lowest BCUT2D eigenvalue weighted by Gasteiger charge is -2.31. The molecule has 19 heavy (non-hydrogen) atoms. The van der Waals surface area contributed by atoms with Crippen LogP contribution in [0, 0.1) is 0 Å². The summed E-state index contributed by atoms with van der Waals surface area (Å²) >= 11 is 0. The zero-order valence-electron chi connectivity index (χ0n) is 10.7. The van der Waals surface area contributed by atoms with Crippen molar-refractivity contribution in [2.75, 3.05) is 6.61 Å². The minimum absolute atomic E-state index is 0.231. The summed E-state index contributed by atoms with van der Waals surface area (Å²) in [5.41, 5.74) is 2.27. The third-order valence-electron chi connectivity index (χ3n) is 3.83. The number of hydrogen-bond acceptors (Lipinski definition) is 3. The Balaban J connectivity index is 1.95. The fourth-order valence-corrected chi connectivity index (χ4v) is 2.67. The smallest absolute Gasteiger partial charge is 0.126 e. The molecular weight excluding hydrogens is 240 g/mol. The van der Waals surface area contributed by atoms with Gasteiger partial charge in [-0.1, -0.05) is 25.1 Å². The average molecular weight is 256 g/mol. The molecule has 98 valence electrons. The fourth-order valence-electron chi connectivity index (χ4n) is 2.67. The minimum atomic E-state index is 0.231. The molecule has 0 radical (unpaired) electrons. The van der Waals surface area contributed by atoms with Crippen molar-refractivity contribution in [3.05, 3.63) is 53.6 Å². The Labute approximate surface area is 112 Å². The van der Waals surface area contributed by atoms with Gasteiger partial charge in [-0.25, -0.2) is 0 Å². The maximum absolute atomic E-state index is 9.48. The van der Waals surface area contributed by atoms with Crippen molar-refractivity contribution in [2.45, 2.75) is 18.8 Å². The summed E-state index contributed by atoms with van der Waals surface area (Å²) in [5, 5.41) is 18.8. The van der Waals surface area contributed by atoms with Gasteiger partial charge < -0.3 is 14.9 Å². The summed E-state index contributed by atoms with van der Waals surface area (Å²) in [5.74, 6) is 1.85. The average Bonchev–Trinajstić information content (AvgIpc) is 2.40. The second kappa shape index (κ2) is 4.50. The van der Waals surface area contributed by atoms with E-state index in [2.05, 4.69) is 6.92 Å². The Morgan fingerprint density at radius 2 is 1.68 bits per heavy atom. The van der Waals surface area contributed by atoms with E-state index >= 15 is 0 Å². The molecule has 2 atom stereocenters. The molecule has 0 aromatic heterocycles. The minimum Gasteiger partial charge on any atom is -0.508 e. The van der Waals surface area contributed by atoms with Crippen LogP contribution in [0.1, 0.15) is 29.9 Å². The summed E-state index contributed by atoms with van der Waals surface area (Å²) in [6, 6.07) is 12.6. The van der Waals surface area contributed by atoms with E-state index in [1.807, 2.05) is 18.2 Å². The van der Waals surface area contributed by atoms with E-state index in [1.54, 1.807) is 24.3 Å². The van der Waals surface area contributed by atoms with E-state index < -0.39 is 0 Å². The molecule has 1 aliphatic heterocycles. The van der Waals surface area contributed by atoms with Gasteiger partial charge in [-0.2, -0.15) is 0 Å². The molecule has 3 nitrogen and oxygen atoms in total.